The molecule has 1 amide bonds. The van der Waals surface area contributed by atoms with Crippen LogP contribution < -0.4 is 22.2 Å². The fourth-order valence-electron chi connectivity index (χ4n) is 6.67. The van der Waals surface area contributed by atoms with Gasteiger partial charge in [0.2, 0.25) is 5.91 Å². The molecule has 1 saturated heterocycles. The number of nitrogens with two attached hydrogens (primary N) is 3. The van der Waals surface area contributed by atoms with E-state index in [9.17, 15) is 4.79 Å². The van der Waals surface area contributed by atoms with Gasteiger partial charge in [-0.15, -0.1) is 0 Å². The molecule has 3 aliphatic rings. The van der Waals surface area contributed by atoms with Crippen LogP contribution in [0.3, 0.4) is 0 Å². The summed E-state index contributed by atoms with van der Waals surface area (Å²) in [5, 5.41) is 9.95. The molecule has 2 aliphatic heterocycles. The van der Waals surface area contributed by atoms with E-state index in [-0.39, 0.29) is 17.4 Å². The smallest absolute Gasteiger partial charge is 0.221 e. The van der Waals surface area contributed by atoms with E-state index in [1.165, 1.54) is 32.1 Å². The molecule has 0 spiro atoms. The quantitative estimate of drug-likeness (QED) is 0.483. The number of carbonyl (C=O) groups is 1. The van der Waals surface area contributed by atoms with Crippen molar-refractivity contribution in [2.24, 2.45) is 29.1 Å². The summed E-state index contributed by atoms with van der Waals surface area (Å²) in [6, 6.07) is 6.50. The third kappa shape index (κ3) is 4.30. The van der Waals surface area contributed by atoms with E-state index in [1.54, 1.807) is 5.01 Å². The highest BCUT2D eigenvalue weighted by Gasteiger charge is 2.48. The van der Waals surface area contributed by atoms with E-state index in [0.29, 0.717) is 25.0 Å². The Hall–Kier alpha value is -2.62. The first kappa shape index (κ1) is 24.1. The van der Waals surface area contributed by atoms with Gasteiger partial charge in [0.25, 0.3) is 0 Å². The average molecular weight is 481 g/mol. The van der Waals surface area contributed by atoms with Gasteiger partial charge in [-0.3, -0.25) is 25.5 Å². The van der Waals surface area contributed by atoms with Crippen molar-refractivity contribution in [3.8, 4) is 0 Å². The first-order valence-corrected chi connectivity index (χ1v) is 13.1. The number of amides is 1. The molecule has 2 aromatic rings. The highest BCUT2D eigenvalue weighted by atomic mass is 16.1. The Kier molecular flexibility index (Phi) is 6.50. The molecule has 1 aromatic heterocycles. The van der Waals surface area contributed by atoms with Crippen LogP contribution in [0.1, 0.15) is 58.8 Å². The second-order valence-electron chi connectivity index (χ2n) is 10.9. The Morgan fingerprint density at radius 3 is 2.74 bits per heavy atom. The third-order valence-electron chi connectivity index (χ3n) is 8.93. The maximum atomic E-state index is 12.2. The van der Waals surface area contributed by atoms with Crippen molar-refractivity contribution in [1.82, 2.24) is 20.1 Å². The van der Waals surface area contributed by atoms with Crippen molar-refractivity contribution in [1.29, 1.82) is 0 Å². The molecule has 1 saturated carbocycles. The van der Waals surface area contributed by atoms with E-state index in [1.807, 2.05) is 12.3 Å². The van der Waals surface area contributed by atoms with E-state index < -0.39 is 6.29 Å². The van der Waals surface area contributed by atoms with Crippen molar-refractivity contribution in [3.05, 3.63) is 36.2 Å². The number of fused-ring (bicyclic) bond motifs is 1. The Morgan fingerprint density at radius 1 is 1.23 bits per heavy atom. The SMILES string of the molecule is C[C@H](C1CCCCC1)N1C[C@@H](C(N)=O)CC[C@]1(C)C1=CCN(c2ccc3cn[nH]c3c2)C(N)N1N. The van der Waals surface area contributed by atoms with Crippen molar-refractivity contribution in [3.63, 3.8) is 0 Å². The van der Waals surface area contributed by atoms with Crippen molar-refractivity contribution < 1.29 is 4.79 Å². The van der Waals surface area contributed by atoms with Crippen LogP contribution in [-0.2, 0) is 4.79 Å². The number of aromatic amines is 1. The lowest BCUT2D eigenvalue weighted by molar-refractivity contribution is -0.126. The van der Waals surface area contributed by atoms with Crippen molar-refractivity contribution >= 4 is 22.5 Å². The molecule has 4 atom stereocenters. The fraction of sp³-hybridized carbons (Fsp3) is 0.615. The molecule has 1 unspecified atom stereocenters. The number of carbonyl (C=O) groups excluding carboxylic acids is 1. The van der Waals surface area contributed by atoms with Gasteiger partial charge >= 0.3 is 0 Å². The minimum absolute atomic E-state index is 0.129. The first-order valence-electron chi connectivity index (χ1n) is 13.1. The number of benzene rings is 1. The molecule has 1 aliphatic carbocycles. The zero-order valence-electron chi connectivity index (χ0n) is 21.0. The monoisotopic (exact) mass is 480 g/mol. The van der Waals surface area contributed by atoms with Gasteiger partial charge in [0, 0.05) is 30.2 Å². The highest BCUT2D eigenvalue weighted by Crippen LogP contribution is 2.43. The number of anilines is 1. The number of likely N-dealkylation sites (tertiary alicyclic amines) is 1. The van der Waals surface area contributed by atoms with Crippen LogP contribution in [0.4, 0.5) is 5.69 Å². The minimum atomic E-state index is -0.507. The van der Waals surface area contributed by atoms with Gasteiger partial charge in [0.15, 0.2) is 6.29 Å². The summed E-state index contributed by atoms with van der Waals surface area (Å²) in [4.78, 5) is 16.8. The molecule has 3 heterocycles. The number of piperidine rings is 1. The molecule has 7 N–H and O–H groups in total. The standard InChI is InChI=1S/C26H40N8O/c1-17(18-6-4-3-5-7-18)33-16-20(24(27)35)10-12-26(33,2)23-11-13-32(25(28)34(23)29)21-9-8-19-15-30-31-22(19)14-21/h8-9,11,14-15,17-18,20,25H,3-7,10,12-13,16,28-29H2,1-2H3,(H2,27,35)(H,30,31)/t17-,20+,25?,26-/m1/s1. The number of rotatable bonds is 5. The van der Waals surface area contributed by atoms with E-state index in [2.05, 4.69) is 52.1 Å². The zero-order valence-corrected chi connectivity index (χ0v) is 21.0. The summed E-state index contributed by atoms with van der Waals surface area (Å²) in [6.07, 6.45) is 11.5. The molecular weight excluding hydrogens is 440 g/mol. The largest absolute Gasteiger partial charge is 0.369 e. The van der Waals surface area contributed by atoms with E-state index >= 15 is 0 Å². The van der Waals surface area contributed by atoms with Crippen LogP contribution in [0, 0.1) is 11.8 Å². The first-order chi connectivity index (χ1) is 16.8. The van der Waals surface area contributed by atoms with Crippen LogP contribution in [0.2, 0.25) is 0 Å². The average Bonchev–Trinajstić information content (AvgIpc) is 3.34. The number of H-pyrrole nitrogens is 1. The lowest BCUT2D eigenvalue weighted by atomic mass is 9.75. The molecule has 0 radical (unpaired) electrons. The summed E-state index contributed by atoms with van der Waals surface area (Å²) in [5.74, 6) is 7.05. The molecule has 0 bridgehead atoms. The Bertz CT molecular complexity index is 1090. The predicted molar refractivity (Wildman–Crippen MR) is 139 cm³/mol. The predicted octanol–water partition coefficient (Wildman–Crippen LogP) is 2.61. The van der Waals surface area contributed by atoms with Gasteiger partial charge in [-0.1, -0.05) is 19.3 Å². The van der Waals surface area contributed by atoms with Gasteiger partial charge < -0.3 is 10.6 Å². The molecule has 5 rings (SSSR count). The number of hydrogen-bond donors (Lipinski definition) is 4. The molecule has 1 aromatic carbocycles. The van der Waals surface area contributed by atoms with Crippen LogP contribution in [0.25, 0.3) is 10.9 Å². The van der Waals surface area contributed by atoms with Crippen LogP contribution in [0.5, 0.6) is 0 Å². The molecule has 9 nitrogen and oxygen atoms in total. The van der Waals surface area contributed by atoms with Crippen LogP contribution in [-0.4, -0.2) is 57.0 Å². The summed E-state index contributed by atoms with van der Waals surface area (Å²) in [5.41, 5.74) is 15.2. The second-order valence-corrected chi connectivity index (χ2v) is 10.9. The zero-order chi connectivity index (χ0) is 24.7. The van der Waals surface area contributed by atoms with Gasteiger partial charge in [-0.25, -0.2) is 5.84 Å². The second kappa shape index (κ2) is 9.44. The van der Waals surface area contributed by atoms with Gasteiger partial charge in [0.1, 0.15) is 0 Å². The summed E-state index contributed by atoms with van der Waals surface area (Å²) >= 11 is 0. The van der Waals surface area contributed by atoms with Gasteiger partial charge in [-0.05, 0) is 69.7 Å². The maximum absolute atomic E-state index is 12.2. The number of nitrogens with zero attached hydrogens (tertiary/aromatic N) is 4. The maximum Gasteiger partial charge on any atom is 0.221 e. The number of primary amides is 1. The minimum Gasteiger partial charge on any atom is -0.369 e. The topological polar surface area (TPSA) is 134 Å². The molecular formula is C26H40N8O. The van der Waals surface area contributed by atoms with E-state index in [4.69, 9.17) is 17.3 Å². The Morgan fingerprint density at radius 2 is 2.00 bits per heavy atom. The van der Waals surface area contributed by atoms with Crippen LogP contribution >= 0.6 is 0 Å². The van der Waals surface area contributed by atoms with Crippen LogP contribution in [0.15, 0.2) is 36.2 Å². The molecule has 35 heavy (non-hydrogen) atoms. The van der Waals surface area contributed by atoms with Crippen molar-refractivity contribution in [2.45, 2.75) is 76.7 Å². The molecule has 9 heteroatoms. The fourth-order valence-corrected chi connectivity index (χ4v) is 6.67. The number of nitrogens with one attached hydrogen (secondary N) is 1. The summed E-state index contributed by atoms with van der Waals surface area (Å²) in [6.45, 7) is 5.93. The van der Waals surface area contributed by atoms with E-state index in [0.717, 1.165) is 35.1 Å². The van der Waals surface area contributed by atoms with Gasteiger partial charge in [0.05, 0.1) is 28.9 Å². The summed E-state index contributed by atoms with van der Waals surface area (Å²) < 4.78 is 0. The normalized spacial score (nSPS) is 29.9. The molecule has 190 valence electrons. The number of hydrazine groups is 1. The highest BCUT2D eigenvalue weighted by molar-refractivity contribution is 5.82. The Labute approximate surface area is 207 Å². The lowest BCUT2D eigenvalue weighted by Gasteiger charge is -2.56. The summed E-state index contributed by atoms with van der Waals surface area (Å²) in [7, 11) is 0. The van der Waals surface area contributed by atoms with Gasteiger partial charge in [-0.2, -0.15) is 5.10 Å². The Balaban J connectivity index is 1.44. The lowest BCUT2D eigenvalue weighted by Crippen LogP contribution is -2.68. The molecule has 2 fully saturated rings. The third-order valence-corrected chi connectivity index (χ3v) is 8.93. The number of hydrogen-bond acceptors (Lipinski definition) is 7. The number of aromatic nitrogens is 2. The van der Waals surface area contributed by atoms with Crippen molar-refractivity contribution in [2.75, 3.05) is 18.0 Å².